The lowest BCUT2D eigenvalue weighted by molar-refractivity contribution is -0.125. The highest BCUT2D eigenvalue weighted by molar-refractivity contribution is 5.90. The van der Waals surface area contributed by atoms with E-state index >= 15 is 0 Å². The Bertz CT molecular complexity index is 504. The molecule has 19 heavy (non-hydrogen) atoms. The molecule has 0 aliphatic heterocycles. The topological polar surface area (TPSA) is 84.2 Å². The van der Waals surface area contributed by atoms with Gasteiger partial charge in [-0.2, -0.15) is 0 Å². The monoisotopic (exact) mass is 271 g/mol. The van der Waals surface area contributed by atoms with Gasteiger partial charge in [-0.15, -0.1) is 0 Å². The van der Waals surface area contributed by atoms with Crippen LogP contribution in [0, 0.1) is 17.0 Å². The first kappa shape index (κ1) is 14.9. The fourth-order valence-corrected chi connectivity index (χ4v) is 1.15. The van der Waals surface area contributed by atoms with Gasteiger partial charge in [-0.1, -0.05) is 0 Å². The predicted octanol–water partition coefficient (Wildman–Crippen LogP) is 1.60. The molecule has 7 heteroatoms. The molecule has 0 bridgehead atoms. The lowest BCUT2D eigenvalue weighted by Gasteiger charge is -2.20. The third-order valence-electron chi connectivity index (χ3n) is 2.54. The molecule has 0 aromatic heterocycles. The minimum atomic E-state index is -0.918. The second-order valence-electron chi connectivity index (χ2n) is 4.68. The van der Waals surface area contributed by atoms with Crippen molar-refractivity contribution >= 4 is 17.6 Å². The van der Waals surface area contributed by atoms with E-state index in [4.69, 9.17) is 5.73 Å². The largest absolute Gasteiger partial charge is 0.369 e. The molecule has 0 aliphatic carbocycles. The van der Waals surface area contributed by atoms with E-state index in [9.17, 15) is 18.4 Å². The number of primary amides is 1. The van der Waals surface area contributed by atoms with E-state index in [2.05, 4.69) is 10.6 Å². The highest BCUT2D eigenvalue weighted by atomic mass is 19.1. The van der Waals surface area contributed by atoms with E-state index in [1.54, 1.807) is 13.8 Å². The third-order valence-corrected chi connectivity index (χ3v) is 2.54. The van der Waals surface area contributed by atoms with Crippen LogP contribution in [0.1, 0.15) is 13.8 Å². The fraction of sp³-hybridized carbons (Fsp3) is 0.333. The third kappa shape index (κ3) is 4.20. The average molecular weight is 271 g/mol. The molecule has 1 aromatic rings. The van der Waals surface area contributed by atoms with Gasteiger partial charge in [-0.3, -0.25) is 4.79 Å². The Labute approximate surface area is 109 Å². The van der Waals surface area contributed by atoms with Gasteiger partial charge in [-0.25, -0.2) is 13.6 Å². The van der Waals surface area contributed by atoms with E-state index in [1.807, 2.05) is 0 Å². The molecule has 0 spiro atoms. The number of amides is 3. The predicted molar refractivity (Wildman–Crippen MR) is 66.4 cm³/mol. The second kappa shape index (κ2) is 5.64. The molecule has 1 aromatic carbocycles. The number of nitrogens with one attached hydrogen (secondary N) is 2. The Morgan fingerprint density at radius 1 is 1.32 bits per heavy atom. The Kier molecular flexibility index (Phi) is 4.42. The molecule has 0 fully saturated rings. The lowest BCUT2D eigenvalue weighted by Crippen LogP contribution is -2.43. The maximum atomic E-state index is 13.3. The van der Waals surface area contributed by atoms with Crippen molar-refractivity contribution < 1.29 is 18.4 Å². The smallest absolute Gasteiger partial charge is 0.319 e. The van der Waals surface area contributed by atoms with E-state index in [1.165, 1.54) is 0 Å². The molecule has 1 rings (SSSR count). The molecule has 0 aliphatic rings. The number of hydrogen-bond acceptors (Lipinski definition) is 2. The van der Waals surface area contributed by atoms with E-state index in [0.717, 1.165) is 12.1 Å². The summed E-state index contributed by atoms with van der Waals surface area (Å²) in [6.07, 6.45) is 0. The number of urea groups is 1. The molecular formula is C12H15F2N3O2. The van der Waals surface area contributed by atoms with E-state index in [0.29, 0.717) is 6.07 Å². The summed E-state index contributed by atoms with van der Waals surface area (Å²) < 4.78 is 25.9. The molecule has 5 nitrogen and oxygen atoms in total. The first-order valence-electron chi connectivity index (χ1n) is 5.52. The molecule has 4 N–H and O–H groups in total. The normalized spacial score (nSPS) is 10.9. The Balaban J connectivity index is 2.59. The van der Waals surface area contributed by atoms with E-state index < -0.39 is 29.0 Å². The fourth-order valence-electron chi connectivity index (χ4n) is 1.15. The zero-order valence-corrected chi connectivity index (χ0v) is 10.6. The summed E-state index contributed by atoms with van der Waals surface area (Å²) in [7, 11) is 0. The number of rotatable bonds is 4. The van der Waals surface area contributed by atoms with Crippen molar-refractivity contribution in [1.82, 2.24) is 5.32 Å². The Hall–Kier alpha value is -2.18. The first-order valence-corrected chi connectivity index (χ1v) is 5.52. The second-order valence-corrected chi connectivity index (χ2v) is 4.68. The number of hydrogen-bond donors (Lipinski definition) is 3. The van der Waals surface area contributed by atoms with Gasteiger partial charge in [0.15, 0.2) is 0 Å². The highest BCUT2D eigenvalue weighted by Crippen LogP contribution is 2.15. The SMILES string of the molecule is CC(C)(CNC(=O)Nc1ccc(F)cc1F)C(N)=O. The van der Waals surface area contributed by atoms with Crippen LogP contribution in [-0.2, 0) is 4.79 Å². The standard InChI is InChI=1S/C12H15F2N3O2/c1-12(2,10(15)18)6-16-11(19)17-9-4-3-7(13)5-8(9)14/h3-5H,6H2,1-2H3,(H2,15,18)(H2,16,17,19). The molecule has 0 saturated carbocycles. The molecule has 0 saturated heterocycles. The minimum Gasteiger partial charge on any atom is -0.369 e. The molecule has 0 heterocycles. The molecule has 3 amide bonds. The van der Waals surface area contributed by atoms with Gasteiger partial charge >= 0.3 is 6.03 Å². The number of carbonyl (C=O) groups excluding carboxylic acids is 2. The van der Waals surface area contributed by atoms with Crippen LogP contribution in [0.5, 0.6) is 0 Å². The number of benzene rings is 1. The summed E-state index contributed by atoms with van der Waals surface area (Å²) in [5.74, 6) is -2.19. The van der Waals surface area contributed by atoms with Crippen molar-refractivity contribution in [2.24, 2.45) is 11.1 Å². The summed E-state index contributed by atoms with van der Waals surface area (Å²) in [6.45, 7) is 3.12. The van der Waals surface area contributed by atoms with Crippen molar-refractivity contribution in [2.45, 2.75) is 13.8 Å². The maximum Gasteiger partial charge on any atom is 0.319 e. The van der Waals surface area contributed by atoms with Crippen LogP contribution in [0.25, 0.3) is 0 Å². The maximum absolute atomic E-state index is 13.3. The van der Waals surface area contributed by atoms with Crippen LogP contribution in [0.3, 0.4) is 0 Å². The van der Waals surface area contributed by atoms with Gasteiger partial charge in [-0.05, 0) is 26.0 Å². The number of nitrogens with two attached hydrogens (primary N) is 1. The zero-order valence-electron chi connectivity index (χ0n) is 10.6. The summed E-state index contributed by atoms with van der Waals surface area (Å²) >= 11 is 0. The minimum absolute atomic E-state index is 0.00300. The van der Waals surface area contributed by atoms with Crippen LogP contribution in [0.4, 0.5) is 19.3 Å². The summed E-state index contributed by atoms with van der Waals surface area (Å²) in [6, 6.07) is 2.07. The van der Waals surface area contributed by atoms with Crippen LogP contribution in [-0.4, -0.2) is 18.5 Å². The van der Waals surface area contributed by atoms with Gasteiger partial charge in [0.2, 0.25) is 5.91 Å². The van der Waals surface area contributed by atoms with Crippen molar-refractivity contribution in [3.63, 3.8) is 0 Å². The first-order chi connectivity index (χ1) is 8.72. The van der Waals surface area contributed by atoms with Crippen molar-refractivity contribution in [1.29, 1.82) is 0 Å². The quantitative estimate of drug-likeness (QED) is 0.777. The summed E-state index contributed by atoms with van der Waals surface area (Å²) in [5.41, 5.74) is 4.06. The molecule has 0 atom stereocenters. The summed E-state index contributed by atoms with van der Waals surface area (Å²) in [5, 5.41) is 4.59. The van der Waals surface area contributed by atoms with Crippen molar-refractivity contribution in [2.75, 3.05) is 11.9 Å². The van der Waals surface area contributed by atoms with Crippen LogP contribution in [0.2, 0.25) is 0 Å². The van der Waals surface area contributed by atoms with Gasteiger partial charge in [0, 0.05) is 12.6 Å². The van der Waals surface area contributed by atoms with Gasteiger partial charge in [0.25, 0.3) is 0 Å². The Morgan fingerprint density at radius 3 is 2.47 bits per heavy atom. The van der Waals surface area contributed by atoms with Crippen LogP contribution in [0.15, 0.2) is 18.2 Å². The molecule has 0 unspecified atom stereocenters. The van der Waals surface area contributed by atoms with E-state index in [-0.39, 0.29) is 12.2 Å². The Morgan fingerprint density at radius 2 is 1.95 bits per heavy atom. The van der Waals surface area contributed by atoms with Gasteiger partial charge in [0.1, 0.15) is 11.6 Å². The number of halogens is 2. The molecular weight excluding hydrogens is 256 g/mol. The van der Waals surface area contributed by atoms with Crippen LogP contribution < -0.4 is 16.4 Å². The average Bonchev–Trinajstić information content (AvgIpc) is 2.30. The van der Waals surface area contributed by atoms with Crippen LogP contribution >= 0.6 is 0 Å². The number of anilines is 1. The summed E-state index contributed by atoms with van der Waals surface area (Å²) in [4.78, 5) is 22.5. The molecule has 104 valence electrons. The van der Waals surface area contributed by atoms with Crippen molar-refractivity contribution in [3.8, 4) is 0 Å². The highest BCUT2D eigenvalue weighted by Gasteiger charge is 2.25. The van der Waals surface area contributed by atoms with Gasteiger partial charge < -0.3 is 16.4 Å². The van der Waals surface area contributed by atoms with Crippen molar-refractivity contribution in [3.05, 3.63) is 29.8 Å². The zero-order chi connectivity index (χ0) is 14.6. The molecule has 0 radical (unpaired) electrons. The van der Waals surface area contributed by atoms with Gasteiger partial charge in [0.05, 0.1) is 11.1 Å². The lowest BCUT2D eigenvalue weighted by atomic mass is 9.93. The number of carbonyl (C=O) groups is 2.